The first-order valence-corrected chi connectivity index (χ1v) is 8.35. The quantitative estimate of drug-likeness (QED) is 0.612. The van der Waals surface area contributed by atoms with Gasteiger partial charge in [-0.3, -0.25) is 0 Å². The Balaban J connectivity index is 1.81. The number of aromatic hydroxyl groups is 1. The summed E-state index contributed by atoms with van der Waals surface area (Å²) in [6, 6.07) is 9.55. The molecule has 0 saturated heterocycles. The number of rotatable bonds is 6. The number of benzene rings is 2. The maximum Gasteiger partial charge on any atom is 0.339 e. The Morgan fingerprint density at radius 1 is 1.29 bits per heavy atom. The van der Waals surface area contributed by atoms with E-state index >= 15 is 0 Å². The Bertz CT molecular complexity index is 1080. The first-order valence-electron chi connectivity index (χ1n) is 7.97. The zero-order valence-corrected chi connectivity index (χ0v) is 15.3. The zero-order valence-electron chi connectivity index (χ0n) is 14.6. The molecule has 0 amide bonds. The lowest BCUT2D eigenvalue weighted by Gasteiger charge is -2.08. The van der Waals surface area contributed by atoms with Crippen LogP contribution in [0.3, 0.4) is 0 Å². The number of para-hydroxylation sites is 2. The van der Waals surface area contributed by atoms with Crippen molar-refractivity contribution < 1.29 is 24.5 Å². The number of carbonyl (C=O) groups is 1. The van der Waals surface area contributed by atoms with Gasteiger partial charge in [-0.2, -0.15) is 0 Å². The lowest BCUT2D eigenvalue weighted by molar-refractivity contribution is 0.0693. The van der Waals surface area contributed by atoms with E-state index in [1.807, 2.05) is 0 Å². The van der Waals surface area contributed by atoms with Crippen molar-refractivity contribution in [2.24, 2.45) is 0 Å². The molecule has 0 aliphatic carbocycles. The van der Waals surface area contributed by atoms with E-state index in [1.54, 1.807) is 31.2 Å². The van der Waals surface area contributed by atoms with E-state index < -0.39 is 11.7 Å². The highest BCUT2D eigenvalue weighted by molar-refractivity contribution is 6.31. The lowest BCUT2D eigenvalue weighted by Crippen LogP contribution is -2.02. The van der Waals surface area contributed by atoms with Gasteiger partial charge in [-0.25, -0.2) is 9.48 Å². The molecular weight excluding hydrogens is 386 g/mol. The summed E-state index contributed by atoms with van der Waals surface area (Å²) in [5.41, 5.74) is 0.192. The van der Waals surface area contributed by atoms with Crippen molar-refractivity contribution in [3.05, 3.63) is 58.9 Å². The van der Waals surface area contributed by atoms with Gasteiger partial charge in [0.25, 0.3) is 0 Å². The minimum absolute atomic E-state index is 0.0625. The SMILES string of the molecule is CC#COc1ccccc1OCc1cn(-c2cc(Cl)cc(C(=O)O)c2O)nn1. The summed E-state index contributed by atoms with van der Waals surface area (Å²) in [5, 5.41) is 27.3. The summed E-state index contributed by atoms with van der Waals surface area (Å²) >= 11 is 5.94. The van der Waals surface area contributed by atoms with Gasteiger partial charge < -0.3 is 19.7 Å². The number of halogens is 1. The third-order valence-corrected chi connectivity index (χ3v) is 3.78. The number of phenols is 1. The maximum atomic E-state index is 11.2. The standard InChI is InChI=1S/C19H14ClN3O5/c1-2-7-27-16-5-3-4-6-17(16)28-11-13-10-23(22-21-13)15-9-12(20)8-14(18(15)24)19(25)26/h3-6,8-10,24H,11H2,1H3,(H,25,26). The number of ether oxygens (including phenoxy) is 2. The summed E-state index contributed by atoms with van der Waals surface area (Å²) in [6.07, 6.45) is 4.00. The van der Waals surface area contributed by atoms with Crippen LogP contribution in [0.4, 0.5) is 0 Å². The second-order valence-electron chi connectivity index (χ2n) is 5.47. The second-order valence-corrected chi connectivity index (χ2v) is 5.91. The summed E-state index contributed by atoms with van der Waals surface area (Å²) in [6.45, 7) is 1.72. The molecule has 0 aliphatic rings. The van der Waals surface area contributed by atoms with E-state index in [2.05, 4.69) is 22.3 Å². The Labute approximate surface area is 164 Å². The van der Waals surface area contributed by atoms with Gasteiger partial charge in [0.1, 0.15) is 29.7 Å². The minimum atomic E-state index is -1.31. The highest BCUT2D eigenvalue weighted by atomic mass is 35.5. The Hall–Kier alpha value is -3.70. The van der Waals surface area contributed by atoms with E-state index in [4.69, 9.17) is 26.2 Å². The number of carboxylic acid groups (broad SMARTS) is 1. The van der Waals surface area contributed by atoms with Gasteiger partial charge in [-0.1, -0.05) is 34.9 Å². The minimum Gasteiger partial charge on any atom is -0.505 e. The number of aromatic nitrogens is 3. The molecule has 0 saturated carbocycles. The van der Waals surface area contributed by atoms with Crippen molar-refractivity contribution in [2.45, 2.75) is 13.5 Å². The van der Waals surface area contributed by atoms with Crippen LogP contribution in [-0.2, 0) is 6.61 Å². The van der Waals surface area contributed by atoms with E-state index in [9.17, 15) is 9.90 Å². The molecule has 0 spiro atoms. The molecule has 0 aliphatic heterocycles. The van der Waals surface area contributed by atoms with Gasteiger partial charge in [0.2, 0.25) is 0 Å². The topological polar surface area (TPSA) is 107 Å². The lowest BCUT2D eigenvalue weighted by atomic mass is 10.1. The van der Waals surface area contributed by atoms with E-state index in [1.165, 1.54) is 16.9 Å². The molecule has 8 nitrogen and oxygen atoms in total. The Kier molecular flexibility index (Phi) is 5.67. The zero-order chi connectivity index (χ0) is 20.1. The number of aromatic carboxylic acids is 1. The molecule has 142 valence electrons. The normalized spacial score (nSPS) is 10.1. The number of hydrogen-bond donors (Lipinski definition) is 2. The van der Waals surface area contributed by atoms with Crippen LogP contribution in [-0.4, -0.2) is 31.2 Å². The molecule has 28 heavy (non-hydrogen) atoms. The van der Waals surface area contributed by atoms with Gasteiger partial charge >= 0.3 is 5.97 Å². The molecule has 1 aromatic heterocycles. The monoisotopic (exact) mass is 399 g/mol. The van der Waals surface area contributed by atoms with Crippen molar-refractivity contribution in [1.29, 1.82) is 0 Å². The van der Waals surface area contributed by atoms with Crippen LogP contribution in [0.5, 0.6) is 17.2 Å². The molecular formula is C19H14ClN3O5. The molecule has 0 atom stereocenters. The van der Waals surface area contributed by atoms with Gasteiger partial charge in [0.15, 0.2) is 17.2 Å². The fraction of sp³-hybridized carbons (Fsp3) is 0.105. The van der Waals surface area contributed by atoms with E-state index in [0.29, 0.717) is 17.2 Å². The average molecular weight is 400 g/mol. The molecule has 0 radical (unpaired) electrons. The second kappa shape index (κ2) is 8.33. The smallest absolute Gasteiger partial charge is 0.339 e. The summed E-state index contributed by atoms with van der Waals surface area (Å²) in [5.74, 6) is 1.79. The first-order chi connectivity index (χ1) is 13.5. The molecule has 0 unspecified atom stereocenters. The van der Waals surface area contributed by atoms with Crippen LogP contribution in [0.25, 0.3) is 5.69 Å². The maximum absolute atomic E-state index is 11.2. The van der Waals surface area contributed by atoms with Crippen molar-refractivity contribution in [3.8, 4) is 35.0 Å². The molecule has 1 heterocycles. The molecule has 2 aromatic carbocycles. The third-order valence-electron chi connectivity index (χ3n) is 3.56. The van der Waals surface area contributed by atoms with Crippen molar-refractivity contribution in [3.63, 3.8) is 0 Å². The van der Waals surface area contributed by atoms with Crippen molar-refractivity contribution in [2.75, 3.05) is 0 Å². The van der Waals surface area contributed by atoms with Gasteiger partial charge in [-0.15, -0.1) is 5.10 Å². The van der Waals surface area contributed by atoms with Gasteiger partial charge in [-0.05, 0) is 24.3 Å². The van der Waals surface area contributed by atoms with Crippen LogP contribution < -0.4 is 9.47 Å². The molecule has 3 rings (SSSR count). The van der Waals surface area contributed by atoms with Crippen molar-refractivity contribution in [1.82, 2.24) is 15.0 Å². The summed E-state index contributed by atoms with van der Waals surface area (Å²) in [7, 11) is 0. The average Bonchev–Trinajstić information content (AvgIpc) is 3.15. The van der Waals surface area contributed by atoms with Crippen molar-refractivity contribution >= 4 is 17.6 Å². The first kappa shape index (κ1) is 19.1. The van der Waals surface area contributed by atoms with Crippen LogP contribution >= 0.6 is 11.6 Å². The fourth-order valence-electron chi connectivity index (χ4n) is 2.32. The third kappa shape index (κ3) is 4.16. The predicted octanol–water partition coefficient (Wildman–Crippen LogP) is 3.26. The largest absolute Gasteiger partial charge is 0.505 e. The highest BCUT2D eigenvalue weighted by Crippen LogP contribution is 2.30. The fourth-order valence-corrected chi connectivity index (χ4v) is 2.53. The molecule has 0 fully saturated rings. The molecule has 2 N–H and O–H groups in total. The molecule has 9 heteroatoms. The van der Waals surface area contributed by atoms with Crippen LogP contribution in [0.2, 0.25) is 5.02 Å². The summed E-state index contributed by atoms with van der Waals surface area (Å²) in [4.78, 5) is 11.2. The number of nitrogens with zero attached hydrogens (tertiary/aromatic N) is 3. The number of hydrogen-bond acceptors (Lipinski definition) is 6. The van der Waals surface area contributed by atoms with E-state index in [0.717, 1.165) is 6.07 Å². The van der Waals surface area contributed by atoms with Crippen LogP contribution in [0.15, 0.2) is 42.6 Å². The van der Waals surface area contributed by atoms with E-state index in [-0.39, 0.29) is 22.9 Å². The summed E-state index contributed by atoms with van der Waals surface area (Å²) < 4.78 is 12.2. The number of carboxylic acids is 1. The Morgan fingerprint density at radius 3 is 2.75 bits per heavy atom. The Morgan fingerprint density at radius 2 is 2.04 bits per heavy atom. The molecule has 3 aromatic rings. The van der Waals surface area contributed by atoms with Crippen LogP contribution in [0, 0.1) is 12.0 Å². The predicted molar refractivity (Wildman–Crippen MR) is 99.8 cm³/mol. The highest BCUT2D eigenvalue weighted by Gasteiger charge is 2.18. The van der Waals surface area contributed by atoms with Crippen LogP contribution in [0.1, 0.15) is 23.0 Å². The van der Waals surface area contributed by atoms with Gasteiger partial charge in [0.05, 0.1) is 6.20 Å². The molecule has 0 bridgehead atoms. The van der Waals surface area contributed by atoms with Gasteiger partial charge in [0, 0.05) is 11.9 Å².